The zero-order valence-electron chi connectivity index (χ0n) is 11.4. The lowest BCUT2D eigenvalue weighted by Crippen LogP contribution is -2.15. The Morgan fingerprint density at radius 1 is 1.36 bits per heavy atom. The molecule has 0 aliphatic carbocycles. The number of nitrogens with one attached hydrogen (secondary N) is 1. The highest BCUT2D eigenvalue weighted by atomic mass is 79.9. The molecule has 0 saturated heterocycles. The van der Waals surface area contributed by atoms with Crippen LogP contribution in [0.5, 0.6) is 11.5 Å². The molecule has 3 aromatic rings. The molecule has 3 rings (SSSR count). The molecule has 2 heterocycles. The molecule has 0 atom stereocenters. The molecule has 0 fully saturated rings. The van der Waals surface area contributed by atoms with Crippen LogP contribution in [-0.4, -0.2) is 17.9 Å². The minimum atomic E-state index is -0.134. The van der Waals surface area contributed by atoms with E-state index in [-0.39, 0.29) is 5.91 Å². The van der Waals surface area contributed by atoms with E-state index < -0.39 is 0 Å². The summed E-state index contributed by atoms with van der Waals surface area (Å²) in [6, 6.07) is 8.87. The zero-order valence-corrected chi connectivity index (χ0v) is 14.6. The van der Waals surface area contributed by atoms with E-state index in [1.165, 1.54) is 11.3 Å². The third kappa shape index (κ3) is 2.95. The van der Waals surface area contributed by atoms with Crippen molar-refractivity contribution in [3.05, 3.63) is 51.0 Å². The molecule has 22 heavy (non-hydrogen) atoms. The van der Waals surface area contributed by atoms with Crippen molar-refractivity contribution in [2.24, 2.45) is 0 Å². The van der Waals surface area contributed by atoms with Gasteiger partial charge < -0.3 is 10.1 Å². The summed E-state index contributed by atoms with van der Waals surface area (Å²) in [4.78, 5) is 16.7. The summed E-state index contributed by atoms with van der Waals surface area (Å²) in [5.41, 5.74) is 0. The van der Waals surface area contributed by atoms with Crippen molar-refractivity contribution in [2.45, 2.75) is 0 Å². The Bertz CT molecular complexity index is 849. The van der Waals surface area contributed by atoms with Gasteiger partial charge in [0, 0.05) is 17.5 Å². The number of amides is 1. The number of hydrogen-bond acceptors (Lipinski definition) is 4. The Kier molecular flexibility index (Phi) is 4.33. The molecule has 1 amide bonds. The summed E-state index contributed by atoms with van der Waals surface area (Å²) in [5, 5.41) is 4.09. The maximum Gasteiger partial charge on any atom is 0.261 e. The number of aromatic nitrogens is 1. The van der Waals surface area contributed by atoms with Crippen LogP contribution in [0.3, 0.4) is 0 Å². The van der Waals surface area contributed by atoms with Crippen LogP contribution >= 0.6 is 38.9 Å². The van der Waals surface area contributed by atoms with Crippen LogP contribution in [0.25, 0.3) is 10.1 Å². The number of thiophene rings is 1. The molecule has 0 unspecified atom stereocenters. The Morgan fingerprint density at radius 2 is 2.09 bits per heavy atom. The molecule has 4 nitrogen and oxygen atoms in total. The maximum atomic E-state index is 11.8. The Labute approximate surface area is 144 Å². The molecular formula is C15H10BrClN2O2S. The summed E-state index contributed by atoms with van der Waals surface area (Å²) in [5.74, 6) is 1.11. The topological polar surface area (TPSA) is 51.2 Å². The lowest BCUT2D eigenvalue weighted by Gasteiger charge is -2.07. The molecule has 0 saturated carbocycles. The third-order valence-electron chi connectivity index (χ3n) is 2.97. The van der Waals surface area contributed by atoms with Crippen molar-refractivity contribution in [3.8, 4) is 11.5 Å². The van der Waals surface area contributed by atoms with E-state index in [0.717, 1.165) is 10.1 Å². The molecule has 2 aromatic heterocycles. The predicted molar refractivity (Wildman–Crippen MR) is 92.2 cm³/mol. The van der Waals surface area contributed by atoms with E-state index in [4.69, 9.17) is 16.3 Å². The van der Waals surface area contributed by atoms with Crippen molar-refractivity contribution < 1.29 is 9.53 Å². The van der Waals surface area contributed by atoms with Gasteiger partial charge in [0.2, 0.25) is 0 Å². The Hall–Kier alpha value is -1.63. The molecule has 0 aliphatic heterocycles. The summed E-state index contributed by atoms with van der Waals surface area (Å²) >= 11 is 10.6. The van der Waals surface area contributed by atoms with Crippen molar-refractivity contribution in [3.63, 3.8) is 0 Å². The summed E-state index contributed by atoms with van der Waals surface area (Å²) in [6.07, 6.45) is 1.63. The average molecular weight is 398 g/mol. The highest BCUT2D eigenvalue weighted by Gasteiger charge is 2.15. The third-order valence-corrected chi connectivity index (χ3v) is 5.23. The van der Waals surface area contributed by atoms with Crippen LogP contribution in [0.4, 0.5) is 0 Å². The zero-order chi connectivity index (χ0) is 15.7. The largest absolute Gasteiger partial charge is 0.455 e. The first kappa shape index (κ1) is 15.3. The fourth-order valence-electron chi connectivity index (χ4n) is 1.92. The number of carbonyl (C=O) groups is 1. The van der Waals surface area contributed by atoms with Crippen molar-refractivity contribution in [2.75, 3.05) is 7.05 Å². The van der Waals surface area contributed by atoms with E-state index >= 15 is 0 Å². The van der Waals surface area contributed by atoms with Crippen LogP contribution in [0.15, 0.2) is 41.1 Å². The number of benzene rings is 1. The summed E-state index contributed by atoms with van der Waals surface area (Å²) in [7, 11) is 1.60. The molecule has 1 N–H and O–H groups in total. The van der Waals surface area contributed by atoms with Gasteiger partial charge in [-0.2, -0.15) is 0 Å². The Balaban J connectivity index is 2.05. The van der Waals surface area contributed by atoms with Gasteiger partial charge in [0.05, 0.1) is 15.8 Å². The van der Waals surface area contributed by atoms with E-state index in [9.17, 15) is 4.79 Å². The number of fused-ring (bicyclic) bond motifs is 1. The normalized spacial score (nSPS) is 10.7. The lowest BCUT2D eigenvalue weighted by atomic mass is 10.2. The number of ether oxygens (including phenoxy) is 1. The standard InChI is InChI=1S/C15H10BrClN2O2S/c1-18-15(20)12-6-10-11(7-19-14(16)13(10)22-12)21-9-4-2-8(17)3-5-9/h2-7H,1H3,(H,18,20). The van der Waals surface area contributed by atoms with Gasteiger partial charge in [-0.1, -0.05) is 11.6 Å². The second-order valence-corrected chi connectivity index (χ2v) is 6.64. The van der Waals surface area contributed by atoms with Gasteiger partial charge in [-0.15, -0.1) is 11.3 Å². The molecule has 0 bridgehead atoms. The molecule has 7 heteroatoms. The van der Waals surface area contributed by atoms with E-state index in [1.54, 1.807) is 43.6 Å². The highest BCUT2D eigenvalue weighted by Crippen LogP contribution is 2.38. The predicted octanol–water partition coefficient (Wildman–Crippen LogP) is 4.86. The monoisotopic (exact) mass is 396 g/mol. The first-order valence-corrected chi connectivity index (χ1v) is 8.31. The first-order chi connectivity index (χ1) is 10.6. The lowest BCUT2D eigenvalue weighted by molar-refractivity contribution is 0.0967. The minimum absolute atomic E-state index is 0.134. The van der Waals surface area contributed by atoms with E-state index in [1.807, 2.05) is 0 Å². The van der Waals surface area contributed by atoms with Crippen molar-refractivity contribution in [1.29, 1.82) is 0 Å². The van der Waals surface area contributed by atoms with Gasteiger partial charge in [-0.3, -0.25) is 4.79 Å². The second kappa shape index (κ2) is 6.24. The maximum absolute atomic E-state index is 11.8. The Morgan fingerprint density at radius 3 is 2.77 bits per heavy atom. The molecule has 0 radical (unpaired) electrons. The second-order valence-electron chi connectivity index (χ2n) is 4.40. The van der Waals surface area contributed by atoms with Crippen LogP contribution in [-0.2, 0) is 0 Å². The van der Waals surface area contributed by atoms with Crippen molar-refractivity contribution >= 4 is 54.9 Å². The molecule has 112 valence electrons. The smallest absolute Gasteiger partial charge is 0.261 e. The van der Waals surface area contributed by atoms with Crippen LogP contribution in [0, 0.1) is 0 Å². The number of halogens is 2. The van der Waals surface area contributed by atoms with Crippen LogP contribution in [0.1, 0.15) is 9.67 Å². The van der Waals surface area contributed by atoms with Crippen LogP contribution in [0.2, 0.25) is 5.02 Å². The number of hydrogen-bond donors (Lipinski definition) is 1. The number of rotatable bonds is 3. The first-order valence-electron chi connectivity index (χ1n) is 6.32. The minimum Gasteiger partial charge on any atom is -0.455 e. The quantitative estimate of drug-likeness (QED) is 0.642. The molecule has 0 spiro atoms. The fourth-order valence-corrected chi connectivity index (χ4v) is 3.60. The van der Waals surface area contributed by atoms with E-state index in [2.05, 4.69) is 26.2 Å². The van der Waals surface area contributed by atoms with Gasteiger partial charge in [0.1, 0.15) is 10.4 Å². The van der Waals surface area contributed by atoms with Gasteiger partial charge in [-0.25, -0.2) is 4.98 Å². The van der Waals surface area contributed by atoms with Crippen molar-refractivity contribution in [1.82, 2.24) is 10.3 Å². The summed E-state index contributed by atoms with van der Waals surface area (Å²) in [6.45, 7) is 0. The molecular weight excluding hydrogens is 388 g/mol. The van der Waals surface area contributed by atoms with Crippen LogP contribution < -0.4 is 10.1 Å². The molecule has 0 aliphatic rings. The number of nitrogens with zero attached hydrogens (tertiary/aromatic N) is 1. The van der Waals surface area contributed by atoms with Gasteiger partial charge in [0.15, 0.2) is 5.75 Å². The average Bonchev–Trinajstić information content (AvgIpc) is 2.98. The number of pyridine rings is 1. The SMILES string of the molecule is CNC(=O)c1cc2c(Oc3ccc(Cl)cc3)cnc(Br)c2s1. The van der Waals surface area contributed by atoms with Gasteiger partial charge >= 0.3 is 0 Å². The fraction of sp³-hybridized carbons (Fsp3) is 0.0667. The molecule has 1 aromatic carbocycles. The van der Waals surface area contributed by atoms with Gasteiger partial charge in [0.25, 0.3) is 5.91 Å². The summed E-state index contributed by atoms with van der Waals surface area (Å²) < 4.78 is 7.41. The van der Waals surface area contributed by atoms with E-state index in [0.29, 0.717) is 26.0 Å². The highest BCUT2D eigenvalue weighted by molar-refractivity contribution is 9.10. The van der Waals surface area contributed by atoms with Gasteiger partial charge in [-0.05, 0) is 46.3 Å². The number of carbonyl (C=O) groups excluding carboxylic acids is 1.